The number of rotatable bonds is 7. The minimum absolute atomic E-state index is 0.162. The lowest BCUT2D eigenvalue weighted by molar-refractivity contribution is -0.00636. The monoisotopic (exact) mass is 487 g/mol. The SMILES string of the molecule is FOc1cccc(COc2ccc(-c3cnc4c(C5=NNNN5)cnn4c3C3CCCCC3)cc2)c1. The van der Waals surface area contributed by atoms with Gasteiger partial charge in [-0.25, -0.2) is 15.0 Å². The zero-order chi connectivity index (χ0) is 24.3. The number of ether oxygens (including phenoxy) is 1. The highest BCUT2D eigenvalue weighted by molar-refractivity contribution is 6.03. The number of nitrogens with zero attached hydrogens (tertiary/aromatic N) is 4. The number of hydrogen-bond acceptors (Lipinski definition) is 8. The van der Waals surface area contributed by atoms with Gasteiger partial charge in [0.1, 0.15) is 12.4 Å². The fraction of sp³-hybridized carbons (Fsp3) is 0.269. The molecule has 10 heteroatoms. The molecule has 9 nitrogen and oxygen atoms in total. The lowest BCUT2D eigenvalue weighted by atomic mass is 9.84. The van der Waals surface area contributed by atoms with E-state index in [4.69, 9.17) is 14.8 Å². The summed E-state index contributed by atoms with van der Waals surface area (Å²) in [6.45, 7) is 0.315. The Kier molecular flexibility index (Phi) is 6.08. The van der Waals surface area contributed by atoms with Gasteiger partial charge in [-0.05, 0) is 48.2 Å². The van der Waals surface area contributed by atoms with Crippen molar-refractivity contribution >= 4 is 11.5 Å². The molecule has 0 atom stereocenters. The quantitative estimate of drug-likeness (QED) is 0.352. The molecule has 0 saturated heterocycles. The molecule has 36 heavy (non-hydrogen) atoms. The summed E-state index contributed by atoms with van der Waals surface area (Å²) in [7, 11) is 0. The van der Waals surface area contributed by atoms with Crippen molar-refractivity contribution in [3.05, 3.63) is 77.7 Å². The Hall–Kier alpha value is -4.18. The number of fused-ring (bicyclic) bond motifs is 1. The minimum Gasteiger partial charge on any atom is -0.489 e. The molecule has 1 fully saturated rings. The van der Waals surface area contributed by atoms with Crippen LogP contribution in [0.1, 0.15) is 54.8 Å². The van der Waals surface area contributed by atoms with E-state index in [1.165, 1.54) is 25.0 Å². The van der Waals surface area contributed by atoms with Gasteiger partial charge in [-0.15, -0.1) is 10.6 Å². The average Bonchev–Trinajstić information content (AvgIpc) is 3.62. The predicted octanol–water partition coefficient (Wildman–Crippen LogP) is 4.56. The molecule has 2 aromatic heterocycles. The van der Waals surface area contributed by atoms with E-state index in [-0.39, 0.29) is 5.75 Å². The standard InChI is InChI=1S/C26H26FN7O2/c27-36-21-8-4-5-17(13-21)16-35-20-11-9-18(10-12-20)22-14-28-26-23(25-30-32-33-31-25)15-29-34(26)24(22)19-6-2-1-3-7-19/h4-5,8-15,19,32-33H,1-3,6-7,16H2,(H,30,31). The predicted molar refractivity (Wildman–Crippen MR) is 133 cm³/mol. The van der Waals surface area contributed by atoms with Crippen molar-refractivity contribution in [3.8, 4) is 22.6 Å². The van der Waals surface area contributed by atoms with Crippen LogP contribution in [0.3, 0.4) is 0 Å². The third-order valence-corrected chi connectivity index (χ3v) is 6.77. The Morgan fingerprint density at radius 1 is 0.972 bits per heavy atom. The fourth-order valence-corrected chi connectivity index (χ4v) is 5.01. The second kappa shape index (κ2) is 9.82. The van der Waals surface area contributed by atoms with Crippen molar-refractivity contribution in [1.29, 1.82) is 0 Å². The number of benzene rings is 2. The number of amidine groups is 1. The molecule has 1 saturated carbocycles. The molecule has 184 valence electrons. The lowest BCUT2D eigenvalue weighted by Crippen LogP contribution is -2.35. The van der Waals surface area contributed by atoms with Gasteiger partial charge in [0, 0.05) is 22.2 Å². The molecule has 3 heterocycles. The van der Waals surface area contributed by atoms with Gasteiger partial charge in [0.15, 0.2) is 17.2 Å². The van der Waals surface area contributed by atoms with Crippen molar-refractivity contribution in [1.82, 2.24) is 31.1 Å². The number of nitrogens with one attached hydrogen (secondary N) is 3. The van der Waals surface area contributed by atoms with Crippen molar-refractivity contribution in [2.75, 3.05) is 0 Å². The van der Waals surface area contributed by atoms with Crippen molar-refractivity contribution in [2.45, 2.75) is 44.6 Å². The molecule has 6 rings (SSSR count). The van der Waals surface area contributed by atoms with E-state index >= 15 is 0 Å². The average molecular weight is 488 g/mol. The fourth-order valence-electron chi connectivity index (χ4n) is 5.01. The van der Waals surface area contributed by atoms with Crippen LogP contribution in [-0.4, -0.2) is 20.4 Å². The molecule has 0 bridgehead atoms. The normalized spacial score (nSPS) is 15.9. The number of hydrazine groups is 2. The van der Waals surface area contributed by atoms with Crippen LogP contribution in [0.2, 0.25) is 0 Å². The summed E-state index contributed by atoms with van der Waals surface area (Å²) in [5, 5.41) is 8.96. The largest absolute Gasteiger partial charge is 0.489 e. The molecular weight excluding hydrogens is 461 g/mol. The first-order chi connectivity index (χ1) is 17.8. The zero-order valence-electron chi connectivity index (χ0n) is 19.6. The highest BCUT2D eigenvalue weighted by Gasteiger charge is 2.25. The van der Waals surface area contributed by atoms with Gasteiger partial charge in [0.05, 0.1) is 17.5 Å². The van der Waals surface area contributed by atoms with Crippen molar-refractivity contribution in [2.24, 2.45) is 5.10 Å². The summed E-state index contributed by atoms with van der Waals surface area (Å²) >= 11 is 0. The van der Waals surface area contributed by atoms with E-state index in [2.05, 4.69) is 26.5 Å². The smallest absolute Gasteiger partial charge is 0.175 e. The summed E-state index contributed by atoms with van der Waals surface area (Å²) < 4.78 is 20.3. The first-order valence-electron chi connectivity index (χ1n) is 12.1. The molecule has 4 aromatic rings. The van der Waals surface area contributed by atoms with Crippen molar-refractivity contribution in [3.63, 3.8) is 0 Å². The molecule has 3 N–H and O–H groups in total. The summed E-state index contributed by atoms with van der Waals surface area (Å²) in [5.74, 6) is 1.95. The van der Waals surface area contributed by atoms with Crippen LogP contribution in [0.5, 0.6) is 11.5 Å². The van der Waals surface area contributed by atoms with Crippen LogP contribution < -0.4 is 26.2 Å². The molecule has 1 aliphatic heterocycles. The second-order valence-electron chi connectivity index (χ2n) is 9.05. The van der Waals surface area contributed by atoms with Crippen LogP contribution in [0.4, 0.5) is 4.53 Å². The Labute approximate surface area is 207 Å². The van der Waals surface area contributed by atoms with Crippen LogP contribution in [0.15, 0.2) is 66.0 Å². The lowest BCUT2D eigenvalue weighted by Gasteiger charge is -2.25. The van der Waals surface area contributed by atoms with Gasteiger partial charge in [-0.3, -0.25) is 10.4 Å². The maximum Gasteiger partial charge on any atom is 0.175 e. The van der Waals surface area contributed by atoms with Gasteiger partial charge >= 0.3 is 0 Å². The van der Waals surface area contributed by atoms with E-state index < -0.39 is 0 Å². The molecule has 0 radical (unpaired) electrons. The Bertz CT molecular complexity index is 1400. The second-order valence-corrected chi connectivity index (χ2v) is 9.05. The summed E-state index contributed by atoms with van der Waals surface area (Å²) in [5.41, 5.74) is 14.2. The van der Waals surface area contributed by atoms with Crippen LogP contribution in [0, 0.1) is 0 Å². The van der Waals surface area contributed by atoms with Crippen LogP contribution >= 0.6 is 0 Å². The molecule has 0 unspecified atom stereocenters. The van der Waals surface area contributed by atoms with Gasteiger partial charge < -0.3 is 4.74 Å². The molecule has 2 aliphatic rings. The van der Waals surface area contributed by atoms with Gasteiger partial charge in [-0.1, -0.05) is 43.5 Å². The molecule has 0 amide bonds. The van der Waals surface area contributed by atoms with Gasteiger partial charge in [0.25, 0.3) is 0 Å². The highest BCUT2D eigenvalue weighted by Crippen LogP contribution is 2.38. The molecule has 0 spiro atoms. The van der Waals surface area contributed by atoms with E-state index in [0.717, 1.165) is 46.5 Å². The molecular formula is C26H26FN7O2. The summed E-state index contributed by atoms with van der Waals surface area (Å²) in [4.78, 5) is 8.59. The molecule has 1 aliphatic carbocycles. The van der Waals surface area contributed by atoms with E-state index in [1.807, 2.05) is 41.0 Å². The van der Waals surface area contributed by atoms with Crippen molar-refractivity contribution < 1.29 is 14.2 Å². The Morgan fingerprint density at radius 3 is 2.61 bits per heavy atom. The van der Waals surface area contributed by atoms with Crippen LogP contribution in [0.25, 0.3) is 16.8 Å². The highest BCUT2D eigenvalue weighted by atomic mass is 19.3. The number of hydrazone groups is 1. The Balaban J connectivity index is 1.31. The van der Waals surface area contributed by atoms with E-state index in [1.54, 1.807) is 24.4 Å². The first-order valence-corrected chi connectivity index (χ1v) is 12.1. The molecule has 2 aromatic carbocycles. The van der Waals surface area contributed by atoms with Gasteiger partial charge in [-0.2, -0.15) is 5.10 Å². The van der Waals surface area contributed by atoms with Crippen LogP contribution in [-0.2, 0) is 6.61 Å². The zero-order valence-corrected chi connectivity index (χ0v) is 19.6. The maximum atomic E-state index is 12.5. The first kappa shape index (κ1) is 22.3. The third-order valence-electron chi connectivity index (χ3n) is 6.77. The maximum absolute atomic E-state index is 12.5. The summed E-state index contributed by atoms with van der Waals surface area (Å²) in [6, 6.07) is 14.8. The van der Waals surface area contributed by atoms with E-state index in [9.17, 15) is 4.53 Å². The summed E-state index contributed by atoms with van der Waals surface area (Å²) in [6.07, 6.45) is 9.71. The van der Waals surface area contributed by atoms with E-state index in [0.29, 0.717) is 18.4 Å². The third kappa shape index (κ3) is 4.31. The number of hydrogen-bond donors (Lipinski definition) is 3. The number of aromatic nitrogens is 3. The Morgan fingerprint density at radius 2 is 1.83 bits per heavy atom. The number of halogens is 1. The topological polar surface area (TPSA) is 97.1 Å². The minimum atomic E-state index is 0.162. The van der Waals surface area contributed by atoms with Gasteiger partial charge in [0.2, 0.25) is 0 Å².